The Labute approximate surface area is 126 Å². The minimum absolute atomic E-state index is 0.213. The number of benzene rings is 2. The first-order valence-corrected chi connectivity index (χ1v) is 7.71. The number of hydrogen-bond donors (Lipinski definition) is 0. The van der Waals surface area contributed by atoms with Crippen LogP contribution in [0.3, 0.4) is 0 Å². The number of carbonyl (C=O) groups excluding carboxylic acids is 1. The fourth-order valence-corrected chi connectivity index (χ4v) is 3.05. The van der Waals surface area contributed by atoms with Crippen molar-refractivity contribution in [1.29, 1.82) is 0 Å². The van der Waals surface area contributed by atoms with Gasteiger partial charge < -0.3 is 4.90 Å². The van der Waals surface area contributed by atoms with Gasteiger partial charge in [0.1, 0.15) is 0 Å². The quantitative estimate of drug-likeness (QED) is 0.779. The van der Waals surface area contributed by atoms with Crippen molar-refractivity contribution in [3.05, 3.63) is 65.7 Å². The average Bonchev–Trinajstić information content (AvgIpc) is 3.05. The second-order valence-electron chi connectivity index (χ2n) is 5.67. The normalized spacial score (nSPS) is 18.0. The van der Waals surface area contributed by atoms with E-state index < -0.39 is 0 Å². The number of hydrogen-bond acceptors (Lipinski definition) is 2. The van der Waals surface area contributed by atoms with E-state index in [9.17, 15) is 4.79 Å². The van der Waals surface area contributed by atoms with Crippen LogP contribution in [0.25, 0.3) is 0 Å². The van der Waals surface area contributed by atoms with Gasteiger partial charge in [0.15, 0.2) is 5.78 Å². The molecule has 2 aromatic rings. The van der Waals surface area contributed by atoms with Gasteiger partial charge in [-0.15, -0.1) is 0 Å². The third-order valence-corrected chi connectivity index (χ3v) is 4.33. The molecule has 1 aliphatic rings. The average molecular weight is 279 g/mol. The molecule has 2 heteroatoms. The van der Waals surface area contributed by atoms with Crippen molar-refractivity contribution in [3.8, 4) is 0 Å². The van der Waals surface area contributed by atoms with Gasteiger partial charge in [0.25, 0.3) is 0 Å². The standard InChI is InChI=1S/C19H21NO/c1-2-19(21)16-8-10-18(11-9-16)20-13-12-17(14-20)15-6-4-3-5-7-15/h3-11,17H,2,12-14H2,1H3. The van der Waals surface area contributed by atoms with Gasteiger partial charge in [0.05, 0.1) is 0 Å². The summed E-state index contributed by atoms with van der Waals surface area (Å²) in [7, 11) is 0. The summed E-state index contributed by atoms with van der Waals surface area (Å²) in [5.74, 6) is 0.827. The number of carbonyl (C=O) groups is 1. The maximum atomic E-state index is 11.7. The Balaban J connectivity index is 1.70. The lowest BCUT2D eigenvalue weighted by atomic mass is 9.99. The van der Waals surface area contributed by atoms with Crippen LogP contribution in [-0.4, -0.2) is 18.9 Å². The van der Waals surface area contributed by atoms with Gasteiger partial charge in [0, 0.05) is 36.7 Å². The van der Waals surface area contributed by atoms with Gasteiger partial charge in [-0.3, -0.25) is 4.79 Å². The monoisotopic (exact) mass is 279 g/mol. The molecule has 0 N–H and O–H groups in total. The van der Waals surface area contributed by atoms with E-state index in [0.29, 0.717) is 12.3 Å². The molecule has 1 unspecified atom stereocenters. The molecule has 0 amide bonds. The molecule has 0 bridgehead atoms. The van der Waals surface area contributed by atoms with Gasteiger partial charge in [-0.1, -0.05) is 37.3 Å². The summed E-state index contributed by atoms with van der Waals surface area (Å²) in [4.78, 5) is 14.1. The lowest BCUT2D eigenvalue weighted by Gasteiger charge is -2.19. The highest BCUT2D eigenvalue weighted by molar-refractivity contribution is 5.96. The Morgan fingerprint density at radius 3 is 2.48 bits per heavy atom. The Hall–Kier alpha value is -2.09. The van der Waals surface area contributed by atoms with Crippen molar-refractivity contribution in [2.45, 2.75) is 25.7 Å². The van der Waals surface area contributed by atoms with E-state index in [2.05, 4.69) is 47.4 Å². The number of ketones is 1. The summed E-state index contributed by atoms with van der Waals surface area (Å²) < 4.78 is 0. The summed E-state index contributed by atoms with van der Waals surface area (Å²) in [6.45, 7) is 4.05. The maximum absolute atomic E-state index is 11.7. The second kappa shape index (κ2) is 6.13. The van der Waals surface area contributed by atoms with Crippen LogP contribution in [-0.2, 0) is 0 Å². The Morgan fingerprint density at radius 1 is 1.10 bits per heavy atom. The lowest BCUT2D eigenvalue weighted by molar-refractivity contribution is 0.0988. The van der Waals surface area contributed by atoms with Crippen LogP contribution in [0, 0.1) is 0 Å². The topological polar surface area (TPSA) is 20.3 Å². The summed E-state index contributed by atoms with van der Waals surface area (Å²) in [5, 5.41) is 0. The Bertz CT molecular complexity index is 603. The molecule has 3 rings (SSSR count). The molecule has 2 aromatic carbocycles. The molecule has 0 aromatic heterocycles. The van der Waals surface area contributed by atoms with Crippen molar-refractivity contribution in [2.24, 2.45) is 0 Å². The van der Waals surface area contributed by atoms with Gasteiger partial charge in [-0.2, -0.15) is 0 Å². The highest BCUT2D eigenvalue weighted by Gasteiger charge is 2.23. The zero-order valence-electron chi connectivity index (χ0n) is 12.5. The molecular formula is C19H21NO. The molecule has 21 heavy (non-hydrogen) atoms. The zero-order chi connectivity index (χ0) is 14.7. The Morgan fingerprint density at radius 2 is 1.81 bits per heavy atom. The van der Waals surface area contributed by atoms with Crippen LogP contribution in [0.5, 0.6) is 0 Å². The van der Waals surface area contributed by atoms with Gasteiger partial charge in [-0.25, -0.2) is 0 Å². The molecule has 1 heterocycles. The van der Waals surface area contributed by atoms with Gasteiger partial charge >= 0.3 is 0 Å². The first-order chi connectivity index (χ1) is 10.3. The highest BCUT2D eigenvalue weighted by Crippen LogP contribution is 2.30. The third-order valence-electron chi connectivity index (χ3n) is 4.33. The van der Waals surface area contributed by atoms with Crippen molar-refractivity contribution >= 4 is 11.5 Å². The van der Waals surface area contributed by atoms with Crippen LogP contribution in [0.15, 0.2) is 54.6 Å². The molecule has 108 valence electrons. The fraction of sp³-hybridized carbons (Fsp3) is 0.316. The molecule has 2 nitrogen and oxygen atoms in total. The smallest absolute Gasteiger partial charge is 0.162 e. The van der Waals surface area contributed by atoms with E-state index in [1.54, 1.807) is 0 Å². The molecule has 0 radical (unpaired) electrons. The largest absolute Gasteiger partial charge is 0.371 e. The summed E-state index contributed by atoms with van der Waals surface area (Å²) in [6, 6.07) is 18.8. The predicted octanol–water partition coefficient (Wildman–Crippen LogP) is 4.27. The van der Waals surface area contributed by atoms with Gasteiger partial charge in [-0.05, 0) is 36.2 Å². The van der Waals surface area contributed by atoms with E-state index >= 15 is 0 Å². The summed E-state index contributed by atoms with van der Waals surface area (Å²) >= 11 is 0. The number of anilines is 1. The minimum atomic E-state index is 0.213. The molecule has 0 spiro atoms. The lowest BCUT2D eigenvalue weighted by Crippen LogP contribution is -2.19. The number of rotatable bonds is 4. The number of Topliss-reactive ketones (excluding diaryl/α,β-unsaturated/α-hetero) is 1. The van der Waals surface area contributed by atoms with Crippen LogP contribution in [0.2, 0.25) is 0 Å². The highest BCUT2D eigenvalue weighted by atomic mass is 16.1. The van der Waals surface area contributed by atoms with Crippen LogP contribution < -0.4 is 4.90 Å². The first-order valence-electron chi connectivity index (χ1n) is 7.71. The van der Waals surface area contributed by atoms with Gasteiger partial charge in [0.2, 0.25) is 0 Å². The van der Waals surface area contributed by atoms with E-state index in [4.69, 9.17) is 0 Å². The van der Waals surface area contributed by atoms with Crippen LogP contribution >= 0.6 is 0 Å². The van der Waals surface area contributed by atoms with Crippen molar-refractivity contribution in [1.82, 2.24) is 0 Å². The van der Waals surface area contributed by atoms with Crippen molar-refractivity contribution in [3.63, 3.8) is 0 Å². The molecule has 1 aliphatic heterocycles. The Kier molecular flexibility index (Phi) is 4.05. The minimum Gasteiger partial charge on any atom is -0.371 e. The molecular weight excluding hydrogens is 258 g/mol. The molecule has 1 fully saturated rings. The molecule has 0 aliphatic carbocycles. The SMILES string of the molecule is CCC(=O)c1ccc(N2CCC(c3ccccc3)C2)cc1. The molecule has 0 saturated carbocycles. The van der Waals surface area contributed by atoms with E-state index in [-0.39, 0.29) is 5.78 Å². The summed E-state index contributed by atoms with van der Waals surface area (Å²) in [6.07, 6.45) is 1.76. The maximum Gasteiger partial charge on any atom is 0.162 e. The van der Waals surface area contributed by atoms with E-state index in [0.717, 1.165) is 18.7 Å². The number of nitrogens with zero attached hydrogens (tertiary/aromatic N) is 1. The van der Waals surface area contributed by atoms with Crippen molar-refractivity contribution in [2.75, 3.05) is 18.0 Å². The zero-order valence-corrected chi connectivity index (χ0v) is 12.5. The van der Waals surface area contributed by atoms with Crippen LogP contribution in [0.1, 0.15) is 41.6 Å². The molecule has 1 atom stereocenters. The van der Waals surface area contributed by atoms with Crippen LogP contribution in [0.4, 0.5) is 5.69 Å². The van der Waals surface area contributed by atoms with E-state index in [1.165, 1.54) is 17.7 Å². The summed E-state index contributed by atoms with van der Waals surface area (Å²) in [5.41, 5.74) is 3.47. The molecule has 1 saturated heterocycles. The van der Waals surface area contributed by atoms with E-state index in [1.807, 2.05) is 19.1 Å². The third kappa shape index (κ3) is 2.99. The second-order valence-corrected chi connectivity index (χ2v) is 5.67. The first kappa shape index (κ1) is 13.9. The van der Waals surface area contributed by atoms with Crippen molar-refractivity contribution < 1.29 is 4.79 Å². The predicted molar refractivity (Wildman–Crippen MR) is 87.1 cm³/mol. The fourth-order valence-electron chi connectivity index (χ4n) is 3.05.